The van der Waals surface area contributed by atoms with E-state index in [2.05, 4.69) is 10.1 Å². The maximum absolute atomic E-state index is 12.1. The van der Waals surface area contributed by atoms with E-state index in [0.717, 1.165) is 6.42 Å². The molecule has 7 nitrogen and oxygen atoms in total. The number of likely N-dealkylation sites (tertiary alicyclic amines) is 1. The Kier molecular flexibility index (Phi) is 4.36. The number of nitrogens with zero attached hydrogens (tertiary/aromatic N) is 4. The van der Waals surface area contributed by atoms with Crippen molar-refractivity contribution < 1.29 is 14.7 Å². The number of carboxylic acid groups (broad SMARTS) is 1. The number of hydrogen-bond acceptors (Lipinski definition) is 4. The van der Waals surface area contributed by atoms with Crippen LogP contribution in [0.2, 0.25) is 0 Å². The topological polar surface area (TPSA) is 88.3 Å². The van der Waals surface area contributed by atoms with Gasteiger partial charge in [-0.1, -0.05) is 13.3 Å². The van der Waals surface area contributed by atoms with Gasteiger partial charge in [0.1, 0.15) is 12.7 Å². The van der Waals surface area contributed by atoms with Crippen molar-refractivity contribution in [2.45, 2.75) is 39.2 Å². The van der Waals surface area contributed by atoms with Crippen molar-refractivity contribution in [3.8, 4) is 0 Å². The quantitative estimate of drug-likeness (QED) is 0.831. The highest BCUT2D eigenvalue weighted by molar-refractivity contribution is 5.80. The van der Waals surface area contributed by atoms with E-state index < -0.39 is 11.4 Å². The first kappa shape index (κ1) is 14.5. The van der Waals surface area contributed by atoms with E-state index in [1.807, 2.05) is 6.92 Å². The summed E-state index contributed by atoms with van der Waals surface area (Å²) in [6.07, 6.45) is 5.30. The maximum Gasteiger partial charge on any atom is 0.311 e. The second-order valence-electron chi connectivity index (χ2n) is 5.31. The molecule has 1 fully saturated rings. The second-order valence-corrected chi connectivity index (χ2v) is 5.31. The molecule has 0 aromatic carbocycles. The molecule has 1 N–H and O–H groups in total. The van der Waals surface area contributed by atoms with Gasteiger partial charge in [-0.2, -0.15) is 5.10 Å². The third-order valence-electron chi connectivity index (χ3n) is 3.91. The van der Waals surface area contributed by atoms with Gasteiger partial charge >= 0.3 is 5.97 Å². The van der Waals surface area contributed by atoms with Gasteiger partial charge < -0.3 is 10.0 Å². The molecule has 0 spiro atoms. The minimum Gasteiger partial charge on any atom is -0.481 e. The van der Waals surface area contributed by atoms with Gasteiger partial charge in [-0.05, 0) is 12.8 Å². The number of carboxylic acids is 1. The van der Waals surface area contributed by atoms with Crippen LogP contribution in [-0.4, -0.2) is 49.7 Å². The lowest BCUT2D eigenvalue weighted by Gasteiger charge is -2.24. The van der Waals surface area contributed by atoms with Crippen molar-refractivity contribution in [3.63, 3.8) is 0 Å². The molecular weight excluding hydrogens is 260 g/mol. The molecule has 20 heavy (non-hydrogen) atoms. The number of aliphatic carboxylic acids is 1. The van der Waals surface area contributed by atoms with E-state index in [-0.39, 0.29) is 5.91 Å². The van der Waals surface area contributed by atoms with Crippen LogP contribution in [0.4, 0.5) is 0 Å². The number of aryl methyl sites for hydroxylation is 1. The molecule has 1 aliphatic rings. The first-order chi connectivity index (χ1) is 9.57. The van der Waals surface area contributed by atoms with E-state index >= 15 is 0 Å². The van der Waals surface area contributed by atoms with Crippen LogP contribution in [0.5, 0.6) is 0 Å². The summed E-state index contributed by atoms with van der Waals surface area (Å²) in [6.45, 7) is 3.30. The average molecular weight is 280 g/mol. The first-order valence-electron chi connectivity index (χ1n) is 6.91. The summed E-state index contributed by atoms with van der Waals surface area (Å²) in [7, 11) is 0. The Balaban J connectivity index is 1.90. The lowest BCUT2D eigenvalue weighted by atomic mass is 9.83. The van der Waals surface area contributed by atoms with E-state index in [9.17, 15) is 14.7 Å². The number of amides is 1. The molecule has 0 saturated carbocycles. The van der Waals surface area contributed by atoms with E-state index in [0.29, 0.717) is 38.9 Å². The minimum atomic E-state index is -0.786. The molecule has 7 heteroatoms. The maximum atomic E-state index is 12.1. The summed E-state index contributed by atoms with van der Waals surface area (Å²) in [5.74, 6) is -0.800. The molecule has 2 rings (SSSR count). The van der Waals surface area contributed by atoms with Gasteiger partial charge in [0.25, 0.3) is 0 Å². The number of carbonyl (C=O) groups is 2. The molecule has 1 unspecified atom stereocenters. The fourth-order valence-electron chi connectivity index (χ4n) is 2.77. The summed E-state index contributed by atoms with van der Waals surface area (Å²) in [4.78, 5) is 29.1. The Morgan fingerprint density at radius 3 is 2.85 bits per heavy atom. The standard InChI is InChI=1S/C13H20N4O3/c1-2-4-13(12(19)20)5-7-16(8-13)11(18)3-6-17-10-14-9-15-17/h9-10H,2-8H2,1H3,(H,19,20). The minimum absolute atomic E-state index is 0.0141. The predicted molar refractivity (Wildman–Crippen MR) is 70.8 cm³/mol. The molecule has 0 bridgehead atoms. The highest BCUT2D eigenvalue weighted by atomic mass is 16.4. The van der Waals surface area contributed by atoms with E-state index in [1.165, 1.54) is 6.33 Å². The van der Waals surface area contributed by atoms with Gasteiger partial charge in [-0.15, -0.1) is 0 Å². The van der Waals surface area contributed by atoms with Crippen molar-refractivity contribution in [1.82, 2.24) is 19.7 Å². The number of rotatable bonds is 6. The zero-order chi connectivity index (χ0) is 14.6. The summed E-state index contributed by atoms with van der Waals surface area (Å²) in [5, 5.41) is 13.4. The van der Waals surface area contributed by atoms with Crippen LogP contribution >= 0.6 is 0 Å². The highest BCUT2D eigenvalue weighted by Gasteiger charge is 2.45. The van der Waals surface area contributed by atoms with E-state index in [1.54, 1.807) is 15.9 Å². The van der Waals surface area contributed by atoms with Gasteiger partial charge in [0.15, 0.2) is 0 Å². The van der Waals surface area contributed by atoms with Gasteiger partial charge in [-0.25, -0.2) is 4.98 Å². The fourth-order valence-corrected chi connectivity index (χ4v) is 2.77. The van der Waals surface area contributed by atoms with E-state index in [4.69, 9.17) is 0 Å². The van der Waals surface area contributed by atoms with Crippen molar-refractivity contribution >= 4 is 11.9 Å². The molecule has 1 amide bonds. The summed E-state index contributed by atoms with van der Waals surface area (Å²) in [6, 6.07) is 0. The lowest BCUT2D eigenvalue weighted by Crippen LogP contribution is -2.37. The van der Waals surface area contributed by atoms with Crippen LogP contribution in [0, 0.1) is 5.41 Å². The van der Waals surface area contributed by atoms with Gasteiger partial charge in [-0.3, -0.25) is 14.3 Å². The summed E-state index contributed by atoms with van der Waals surface area (Å²) >= 11 is 0. The van der Waals surface area contributed by atoms with Crippen LogP contribution in [-0.2, 0) is 16.1 Å². The average Bonchev–Trinajstić information content (AvgIpc) is 3.06. The lowest BCUT2D eigenvalue weighted by molar-refractivity contribution is -0.149. The monoisotopic (exact) mass is 280 g/mol. The van der Waals surface area contributed by atoms with Crippen LogP contribution in [0.25, 0.3) is 0 Å². The third-order valence-corrected chi connectivity index (χ3v) is 3.91. The third kappa shape index (κ3) is 2.97. The van der Waals surface area contributed by atoms with Crippen LogP contribution in [0.3, 0.4) is 0 Å². The Labute approximate surface area is 117 Å². The number of carbonyl (C=O) groups excluding carboxylic acids is 1. The van der Waals surface area contributed by atoms with Gasteiger partial charge in [0, 0.05) is 19.5 Å². The molecule has 2 heterocycles. The number of hydrogen-bond donors (Lipinski definition) is 1. The molecule has 0 aliphatic carbocycles. The second kappa shape index (κ2) is 6.02. The molecular formula is C13H20N4O3. The zero-order valence-electron chi connectivity index (χ0n) is 11.7. The van der Waals surface area contributed by atoms with Crippen molar-refractivity contribution in [2.24, 2.45) is 5.41 Å². The van der Waals surface area contributed by atoms with Crippen LogP contribution in [0.15, 0.2) is 12.7 Å². The molecule has 1 aromatic heterocycles. The Bertz CT molecular complexity index is 474. The smallest absolute Gasteiger partial charge is 0.311 e. The SMILES string of the molecule is CCCC1(C(=O)O)CCN(C(=O)CCn2cncn2)C1. The Hall–Kier alpha value is -1.92. The molecule has 110 valence electrons. The Morgan fingerprint density at radius 2 is 2.25 bits per heavy atom. The first-order valence-corrected chi connectivity index (χ1v) is 6.91. The number of aromatic nitrogens is 3. The van der Waals surface area contributed by atoms with Gasteiger partial charge in [0.2, 0.25) is 5.91 Å². The molecule has 1 aliphatic heterocycles. The fraction of sp³-hybridized carbons (Fsp3) is 0.692. The van der Waals surface area contributed by atoms with Crippen LogP contribution < -0.4 is 0 Å². The molecule has 1 aromatic rings. The normalized spacial score (nSPS) is 22.1. The summed E-state index contributed by atoms with van der Waals surface area (Å²) in [5.41, 5.74) is -0.752. The van der Waals surface area contributed by atoms with Gasteiger partial charge in [0.05, 0.1) is 12.0 Å². The predicted octanol–water partition coefficient (Wildman–Crippen LogP) is 0.772. The molecule has 1 atom stereocenters. The van der Waals surface area contributed by atoms with Crippen molar-refractivity contribution in [3.05, 3.63) is 12.7 Å². The zero-order valence-corrected chi connectivity index (χ0v) is 11.7. The summed E-state index contributed by atoms with van der Waals surface area (Å²) < 4.78 is 1.60. The van der Waals surface area contributed by atoms with Crippen LogP contribution in [0.1, 0.15) is 32.6 Å². The highest BCUT2D eigenvalue weighted by Crippen LogP contribution is 2.35. The Morgan fingerprint density at radius 1 is 1.45 bits per heavy atom. The van der Waals surface area contributed by atoms with Crippen molar-refractivity contribution in [2.75, 3.05) is 13.1 Å². The molecule has 0 radical (unpaired) electrons. The molecule has 1 saturated heterocycles. The van der Waals surface area contributed by atoms with Crippen molar-refractivity contribution in [1.29, 1.82) is 0 Å². The largest absolute Gasteiger partial charge is 0.481 e.